The first-order chi connectivity index (χ1) is 19.0. The van der Waals surface area contributed by atoms with Gasteiger partial charge in [0.25, 0.3) is 11.7 Å². The third-order valence-electron chi connectivity index (χ3n) is 6.93. The number of unbranched alkanes of at least 4 members (excludes halogenated alkanes) is 1. The number of carbonyl (C=O) groups is 3. The summed E-state index contributed by atoms with van der Waals surface area (Å²) < 4.78 is 16.0. The predicted octanol–water partition coefficient (Wildman–Crippen LogP) is 4.38. The lowest BCUT2D eigenvalue weighted by molar-refractivity contribution is -0.125. The molecule has 8 heteroatoms. The van der Waals surface area contributed by atoms with E-state index in [0.717, 1.165) is 24.8 Å². The number of nitrogens with zero attached hydrogens (tertiary/aromatic N) is 1. The van der Waals surface area contributed by atoms with E-state index in [-0.39, 0.29) is 23.0 Å². The number of ketones is 1. The minimum absolute atomic E-state index is 0.0811. The summed E-state index contributed by atoms with van der Waals surface area (Å²) in [5.74, 6) is -0.993. The van der Waals surface area contributed by atoms with Crippen molar-refractivity contribution in [3.63, 3.8) is 0 Å². The predicted molar refractivity (Wildman–Crippen MR) is 149 cm³/mol. The number of anilines is 1. The van der Waals surface area contributed by atoms with Crippen LogP contribution in [-0.4, -0.2) is 51.5 Å². The molecule has 1 heterocycles. The van der Waals surface area contributed by atoms with Crippen molar-refractivity contribution in [1.29, 1.82) is 0 Å². The molecular formula is C31H34N2O6. The first-order valence-corrected chi connectivity index (χ1v) is 13.1. The summed E-state index contributed by atoms with van der Waals surface area (Å²) in [6, 6.07) is 19.7. The van der Waals surface area contributed by atoms with Crippen molar-refractivity contribution in [1.82, 2.24) is 5.32 Å². The largest absolute Gasteiger partial charge is 0.493 e. The third-order valence-corrected chi connectivity index (χ3v) is 6.93. The van der Waals surface area contributed by atoms with E-state index in [1.807, 2.05) is 30.3 Å². The Hall–Kier alpha value is -4.33. The van der Waals surface area contributed by atoms with Gasteiger partial charge in [0.1, 0.15) is 6.04 Å². The zero-order valence-electron chi connectivity index (χ0n) is 22.6. The van der Waals surface area contributed by atoms with Crippen LogP contribution in [-0.2, 0) is 22.4 Å². The Balaban J connectivity index is 1.52. The van der Waals surface area contributed by atoms with Gasteiger partial charge in [0.15, 0.2) is 11.5 Å². The molecule has 0 bridgehead atoms. The number of nitrogens with one attached hydrogen (secondary N) is 1. The van der Waals surface area contributed by atoms with Gasteiger partial charge in [0, 0.05) is 17.8 Å². The van der Waals surface area contributed by atoms with Gasteiger partial charge in [-0.2, -0.15) is 0 Å². The molecule has 1 atom stereocenters. The molecule has 0 unspecified atom stereocenters. The quantitative estimate of drug-likeness (QED) is 0.225. The van der Waals surface area contributed by atoms with Gasteiger partial charge >= 0.3 is 0 Å². The second-order valence-electron chi connectivity index (χ2n) is 9.34. The normalized spacial score (nSPS) is 14.2. The molecule has 0 spiro atoms. The number of para-hydroxylation sites is 1. The van der Waals surface area contributed by atoms with Crippen molar-refractivity contribution in [3.05, 3.63) is 83.4 Å². The molecule has 1 N–H and O–H groups in total. The minimum Gasteiger partial charge on any atom is -0.493 e. The number of fused-ring (bicyclic) bond motifs is 1. The van der Waals surface area contributed by atoms with Crippen molar-refractivity contribution in [2.24, 2.45) is 0 Å². The Kier molecular flexibility index (Phi) is 9.20. The average Bonchev–Trinajstić information content (AvgIpc) is 2.99. The number of rotatable bonds is 11. The topological polar surface area (TPSA) is 94.2 Å². The molecule has 0 saturated heterocycles. The van der Waals surface area contributed by atoms with E-state index < -0.39 is 17.7 Å². The molecule has 0 fully saturated rings. The Morgan fingerprint density at radius 3 is 2.21 bits per heavy atom. The lowest BCUT2D eigenvalue weighted by Crippen LogP contribution is -2.54. The second-order valence-corrected chi connectivity index (χ2v) is 9.34. The number of benzene rings is 3. The van der Waals surface area contributed by atoms with Gasteiger partial charge in [0.05, 0.1) is 21.3 Å². The van der Waals surface area contributed by atoms with E-state index in [1.165, 1.54) is 43.9 Å². The molecule has 8 nitrogen and oxygen atoms in total. The molecule has 0 radical (unpaired) electrons. The van der Waals surface area contributed by atoms with E-state index in [1.54, 1.807) is 12.1 Å². The Labute approximate surface area is 228 Å². The number of carbonyl (C=O) groups excluding carboxylic acids is 3. The molecule has 0 aliphatic carbocycles. The maximum atomic E-state index is 13.7. The van der Waals surface area contributed by atoms with Crippen LogP contribution in [0.1, 0.15) is 40.7 Å². The number of methoxy groups -OCH3 is 3. The molecule has 3 aromatic carbocycles. The SMILES string of the molecule is COc1cc(C(=O)C(=O)N2c3ccccc3CC[C@H]2C(=O)NCCCCc2ccccc2)cc(OC)c1OC. The van der Waals surface area contributed by atoms with Gasteiger partial charge < -0.3 is 19.5 Å². The summed E-state index contributed by atoms with van der Waals surface area (Å²) in [7, 11) is 4.34. The third kappa shape index (κ3) is 6.22. The fraction of sp³-hybridized carbons (Fsp3) is 0.323. The average molecular weight is 531 g/mol. The highest BCUT2D eigenvalue weighted by molar-refractivity contribution is 6.48. The van der Waals surface area contributed by atoms with Crippen molar-refractivity contribution in [2.75, 3.05) is 32.8 Å². The van der Waals surface area contributed by atoms with Crippen molar-refractivity contribution in [2.45, 2.75) is 38.1 Å². The molecular weight excluding hydrogens is 496 g/mol. The lowest BCUT2D eigenvalue weighted by Gasteiger charge is -2.36. The Bertz CT molecular complexity index is 1300. The first kappa shape index (κ1) is 27.7. The lowest BCUT2D eigenvalue weighted by atomic mass is 9.94. The minimum atomic E-state index is -0.799. The van der Waals surface area contributed by atoms with Crippen LogP contribution in [0.3, 0.4) is 0 Å². The van der Waals surface area contributed by atoms with E-state index >= 15 is 0 Å². The second kappa shape index (κ2) is 13.0. The summed E-state index contributed by atoms with van der Waals surface area (Å²) in [6.07, 6.45) is 3.72. The molecule has 39 heavy (non-hydrogen) atoms. The molecule has 3 aromatic rings. The number of amides is 2. The van der Waals surface area contributed by atoms with E-state index in [9.17, 15) is 14.4 Å². The van der Waals surface area contributed by atoms with E-state index in [4.69, 9.17) is 14.2 Å². The number of Topliss-reactive ketones (excluding diaryl/α,β-unsaturated/α-hetero) is 1. The van der Waals surface area contributed by atoms with Crippen LogP contribution in [0, 0.1) is 0 Å². The molecule has 2 amide bonds. The fourth-order valence-corrected chi connectivity index (χ4v) is 4.92. The highest BCUT2D eigenvalue weighted by Gasteiger charge is 2.38. The Morgan fingerprint density at radius 1 is 0.872 bits per heavy atom. The summed E-state index contributed by atoms with van der Waals surface area (Å²) >= 11 is 0. The van der Waals surface area contributed by atoms with Crippen LogP contribution in [0.2, 0.25) is 0 Å². The van der Waals surface area contributed by atoms with Crippen LogP contribution in [0.4, 0.5) is 5.69 Å². The maximum absolute atomic E-state index is 13.7. The number of hydrogen-bond acceptors (Lipinski definition) is 6. The molecule has 0 aromatic heterocycles. The maximum Gasteiger partial charge on any atom is 0.300 e. The van der Waals surface area contributed by atoms with Gasteiger partial charge in [-0.05, 0) is 61.4 Å². The van der Waals surface area contributed by atoms with Gasteiger partial charge in [-0.3, -0.25) is 19.3 Å². The summed E-state index contributed by atoms with van der Waals surface area (Å²) in [5, 5.41) is 2.98. The molecule has 1 aliphatic rings. The molecule has 4 rings (SSSR count). The highest BCUT2D eigenvalue weighted by Crippen LogP contribution is 2.39. The van der Waals surface area contributed by atoms with Crippen LogP contribution in [0.15, 0.2) is 66.7 Å². The fourth-order valence-electron chi connectivity index (χ4n) is 4.92. The van der Waals surface area contributed by atoms with Gasteiger partial charge in [-0.1, -0.05) is 48.5 Å². The van der Waals surface area contributed by atoms with Crippen molar-refractivity contribution < 1.29 is 28.6 Å². The van der Waals surface area contributed by atoms with Crippen LogP contribution >= 0.6 is 0 Å². The number of ether oxygens (including phenoxy) is 3. The van der Waals surface area contributed by atoms with Crippen LogP contribution in [0.5, 0.6) is 17.2 Å². The van der Waals surface area contributed by atoms with E-state index in [2.05, 4.69) is 17.4 Å². The van der Waals surface area contributed by atoms with Crippen molar-refractivity contribution >= 4 is 23.3 Å². The van der Waals surface area contributed by atoms with Crippen LogP contribution in [0.25, 0.3) is 0 Å². The molecule has 204 valence electrons. The van der Waals surface area contributed by atoms with Gasteiger partial charge in [-0.25, -0.2) is 0 Å². The van der Waals surface area contributed by atoms with Gasteiger partial charge in [0.2, 0.25) is 11.7 Å². The number of aryl methyl sites for hydroxylation is 2. The molecule has 1 aliphatic heterocycles. The zero-order chi connectivity index (χ0) is 27.8. The van der Waals surface area contributed by atoms with E-state index in [0.29, 0.717) is 30.8 Å². The zero-order valence-corrected chi connectivity index (χ0v) is 22.6. The smallest absolute Gasteiger partial charge is 0.300 e. The monoisotopic (exact) mass is 530 g/mol. The summed E-state index contributed by atoms with van der Waals surface area (Å²) in [4.78, 5) is 41.9. The summed E-state index contributed by atoms with van der Waals surface area (Å²) in [5.41, 5.74) is 2.82. The highest BCUT2D eigenvalue weighted by atomic mass is 16.5. The number of hydrogen-bond donors (Lipinski definition) is 1. The van der Waals surface area contributed by atoms with Crippen molar-refractivity contribution in [3.8, 4) is 17.2 Å². The van der Waals surface area contributed by atoms with Gasteiger partial charge in [-0.15, -0.1) is 0 Å². The standard InChI is InChI=1S/C31H34N2O6/c1-37-26-19-23(20-27(38-2)29(26)39-3)28(34)31(36)33-24-15-8-7-14-22(24)16-17-25(33)30(35)32-18-10-9-13-21-11-5-4-6-12-21/h4-8,11-12,14-15,19-20,25H,9-10,13,16-18H2,1-3H3,(H,32,35)/t25-/m0/s1. The van der Waals surface area contributed by atoms with Crippen LogP contribution < -0.4 is 24.4 Å². The summed E-state index contributed by atoms with van der Waals surface area (Å²) in [6.45, 7) is 0.493. The Morgan fingerprint density at radius 2 is 1.54 bits per heavy atom. The first-order valence-electron chi connectivity index (χ1n) is 13.1. The molecule has 0 saturated carbocycles.